The highest BCUT2D eigenvalue weighted by Crippen LogP contribution is 2.24. The van der Waals surface area contributed by atoms with Gasteiger partial charge in [-0.1, -0.05) is 11.3 Å². The van der Waals surface area contributed by atoms with Gasteiger partial charge in [0.2, 0.25) is 5.91 Å². The Labute approximate surface area is 109 Å². The molecule has 0 unspecified atom stereocenters. The van der Waals surface area contributed by atoms with Crippen LogP contribution in [0.2, 0.25) is 0 Å². The lowest BCUT2D eigenvalue weighted by atomic mass is 10.4. The number of thiazole rings is 1. The van der Waals surface area contributed by atoms with Crippen molar-refractivity contribution in [3.8, 4) is 0 Å². The molecule has 0 atom stereocenters. The van der Waals surface area contributed by atoms with E-state index in [-0.39, 0.29) is 24.2 Å². The third kappa shape index (κ3) is 3.59. The van der Waals surface area contributed by atoms with Crippen LogP contribution >= 0.6 is 11.3 Å². The van der Waals surface area contributed by atoms with Crippen molar-refractivity contribution in [2.45, 2.75) is 6.92 Å². The highest BCUT2D eigenvalue weighted by molar-refractivity contribution is 7.18. The van der Waals surface area contributed by atoms with Gasteiger partial charge >= 0.3 is 0 Å². The molecule has 2 amide bonds. The Morgan fingerprint density at radius 1 is 1.44 bits per heavy atom. The zero-order valence-electron chi connectivity index (χ0n) is 10.6. The summed E-state index contributed by atoms with van der Waals surface area (Å²) in [5.74, 6) is -0.395. The first kappa shape index (κ1) is 14.2. The topological polar surface area (TPSA) is 100 Å². The second kappa shape index (κ2) is 6.20. The average Bonchev–Trinajstić information content (AvgIpc) is 2.67. The van der Waals surface area contributed by atoms with Crippen molar-refractivity contribution in [2.24, 2.45) is 0 Å². The van der Waals surface area contributed by atoms with Crippen LogP contribution in [0.1, 0.15) is 16.6 Å². The number of hydrogen-bond acceptors (Lipinski definition) is 6. The molecule has 18 heavy (non-hydrogen) atoms. The van der Waals surface area contributed by atoms with E-state index < -0.39 is 0 Å². The summed E-state index contributed by atoms with van der Waals surface area (Å²) in [7, 11) is 3.25. The maximum Gasteiger partial charge on any atom is 0.265 e. The van der Waals surface area contributed by atoms with Gasteiger partial charge in [0.05, 0.1) is 6.54 Å². The Balaban J connectivity index is 2.64. The van der Waals surface area contributed by atoms with Gasteiger partial charge in [0, 0.05) is 20.6 Å². The van der Waals surface area contributed by atoms with E-state index in [2.05, 4.69) is 15.6 Å². The Hall–Kier alpha value is -1.83. The lowest BCUT2D eigenvalue weighted by molar-refractivity contribution is -0.127. The van der Waals surface area contributed by atoms with Gasteiger partial charge < -0.3 is 21.3 Å². The minimum Gasteiger partial charge on any atom is -0.382 e. The standard InChI is InChI=1S/C10H17N5O2S/c1-4-12-10-14-8(11)7(18-10)9(17)13-5-6(16)15(2)3/h4-5,11H2,1-3H3,(H,12,14)(H,13,17). The third-order valence-electron chi connectivity index (χ3n) is 2.09. The predicted molar refractivity (Wildman–Crippen MR) is 71.7 cm³/mol. The molecule has 0 radical (unpaired) electrons. The van der Waals surface area contributed by atoms with Crippen molar-refractivity contribution in [3.63, 3.8) is 0 Å². The lowest BCUT2D eigenvalue weighted by Crippen LogP contribution is -2.36. The smallest absolute Gasteiger partial charge is 0.265 e. The molecule has 0 aromatic carbocycles. The third-order valence-corrected chi connectivity index (χ3v) is 3.11. The van der Waals surface area contributed by atoms with Gasteiger partial charge in [0.15, 0.2) is 5.13 Å². The van der Waals surface area contributed by atoms with E-state index in [4.69, 9.17) is 5.73 Å². The van der Waals surface area contributed by atoms with E-state index in [1.807, 2.05) is 6.92 Å². The molecule has 1 rings (SSSR count). The molecule has 1 aromatic rings. The second-order valence-corrected chi connectivity index (χ2v) is 4.73. The average molecular weight is 271 g/mol. The van der Waals surface area contributed by atoms with Crippen LogP contribution < -0.4 is 16.4 Å². The number of amides is 2. The fourth-order valence-electron chi connectivity index (χ4n) is 1.12. The molecule has 0 saturated heterocycles. The first-order chi connectivity index (χ1) is 8.45. The van der Waals surface area contributed by atoms with E-state index in [9.17, 15) is 9.59 Å². The van der Waals surface area contributed by atoms with Crippen LogP contribution in [0.5, 0.6) is 0 Å². The Morgan fingerprint density at radius 3 is 2.67 bits per heavy atom. The molecule has 4 N–H and O–H groups in total. The van der Waals surface area contributed by atoms with Crippen LogP contribution in [0.25, 0.3) is 0 Å². The Bertz CT molecular complexity index is 443. The first-order valence-electron chi connectivity index (χ1n) is 5.44. The molecule has 0 aliphatic carbocycles. The van der Waals surface area contributed by atoms with E-state index >= 15 is 0 Å². The van der Waals surface area contributed by atoms with Crippen molar-refractivity contribution >= 4 is 34.1 Å². The van der Waals surface area contributed by atoms with Gasteiger partial charge in [-0.3, -0.25) is 9.59 Å². The van der Waals surface area contributed by atoms with Gasteiger partial charge in [-0.15, -0.1) is 0 Å². The fraction of sp³-hybridized carbons (Fsp3) is 0.500. The SMILES string of the molecule is CCNc1nc(N)c(C(=O)NCC(=O)N(C)C)s1. The number of likely N-dealkylation sites (N-methyl/N-ethyl adjacent to an activating group) is 1. The van der Waals surface area contributed by atoms with E-state index in [1.165, 1.54) is 16.2 Å². The van der Waals surface area contributed by atoms with Crippen LogP contribution in [-0.4, -0.2) is 48.9 Å². The van der Waals surface area contributed by atoms with Crippen LogP contribution in [0.4, 0.5) is 10.9 Å². The molecule has 7 nitrogen and oxygen atoms in total. The second-order valence-electron chi connectivity index (χ2n) is 3.73. The van der Waals surface area contributed by atoms with Crippen molar-refractivity contribution in [1.29, 1.82) is 0 Å². The minimum absolute atomic E-state index is 0.0558. The number of nitrogens with two attached hydrogens (primary N) is 1. The molecular weight excluding hydrogens is 254 g/mol. The summed E-state index contributed by atoms with van der Waals surface area (Å²) in [4.78, 5) is 28.9. The summed E-state index contributed by atoms with van der Waals surface area (Å²) in [6.45, 7) is 2.57. The predicted octanol–water partition coefficient (Wildman–Crippen LogP) is -0.0249. The van der Waals surface area contributed by atoms with Gasteiger partial charge in [0.1, 0.15) is 10.7 Å². The number of carbonyl (C=O) groups excluding carboxylic acids is 2. The molecule has 0 aliphatic heterocycles. The molecule has 1 heterocycles. The maximum atomic E-state index is 11.8. The summed E-state index contributed by atoms with van der Waals surface area (Å²) >= 11 is 1.17. The first-order valence-corrected chi connectivity index (χ1v) is 6.25. The number of aromatic nitrogens is 1. The lowest BCUT2D eigenvalue weighted by Gasteiger charge is -2.10. The molecule has 100 valence electrons. The molecule has 1 aromatic heterocycles. The molecule has 0 saturated carbocycles. The number of rotatable bonds is 5. The molecule has 0 bridgehead atoms. The Kier molecular flexibility index (Phi) is 4.90. The number of anilines is 2. The summed E-state index contributed by atoms with van der Waals surface area (Å²) in [6, 6.07) is 0. The molecule has 0 spiro atoms. The molecule has 0 fully saturated rings. The highest BCUT2D eigenvalue weighted by Gasteiger charge is 2.16. The van der Waals surface area contributed by atoms with Crippen molar-refractivity contribution < 1.29 is 9.59 Å². The normalized spacial score (nSPS) is 9.94. The van der Waals surface area contributed by atoms with Crippen molar-refractivity contribution in [2.75, 3.05) is 38.2 Å². The summed E-state index contributed by atoms with van der Waals surface area (Å²) in [5, 5.41) is 6.08. The zero-order valence-corrected chi connectivity index (χ0v) is 11.4. The van der Waals surface area contributed by atoms with E-state index in [0.29, 0.717) is 16.6 Å². The molecule has 8 heteroatoms. The Morgan fingerprint density at radius 2 is 2.11 bits per heavy atom. The van der Waals surface area contributed by atoms with Gasteiger partial charge in [-0.25, -0.2) is 4.98 Å². The van der Waals surface area contributed by atoms with Crippen LogP contribution in [0.3, 0.4) is 0 Å². The van der Waals surface area contributed by atoms with Gasteiger partial charge in [-0.05, 0) is 6.92 Å². The summed E-state index contributed by atoms with van der Waals surface area (Å²) < 4.78 is 0. The zero-order chi connectivity index (χ0) is 13.7. The fourth-order valence-corrected chi connectivity index (χ4v) is 1.98. The van der Waals surface area contributed by atoms with Gasteiger partial charge in [0.25, 0.3) is 5.91 Å². The maximum absolute atomic E-state index is 11.8. The molecule has 0 aliphatic rings. The minimum atomic E-state index is -0.385. The number of carbonyl (C=O) groups is 2. The van der Waals surface area contributed by atoms with Gasteiger partial charge in [-0.2, -0.15) is 0 Å². The molecular formula is C10H17N5O2S. The van der Waals surface area contributed by atoms with Crippen molar-refractivity contribution in [3.05, 3.63) is 4.88 Å². The highest BCUT2D eigenvalue weighted by atomic mass is 32.1. The quantitative estimate of drug-likeness (QED) is 0.698. The van der Waals surface area contributed by atoms with Crippen LogP contribution in [-0.2, 0) is 4.79 Å². The van der Waals surface area contributed by atoms with Crippen LogP contribution in [0, 0.1) is 0 Å². The summed E-state index contributed by atoms with van der Waals surface area (Å²) in [6.07, 6.45) is 0. The van der Waals surface area contributed by atoms with Crippen molar-refractivity contribution in [1.82, 2.24) is 15.2 Å². The largest absolute Gasteiger partial charge is 0.382 e. The number of nitrogen functional groups attached to an aromatic ring is 1. The number of hydrogen-bond donors (Lipinski definition) is 3. The number of nitrogens with zero attached hydrogens (tertiary/aromatic N) is 2. The van der Waals surface area contributed by atoms with E-state index in [1.54, 1.807) is 14.1 Å². The van der Waals surface area contributed by atoms with Crippen LogP contribution in [0.15, 0.2) is 0 Å². The van der Waals surface area contributed by atoms with E-state index in [0.717, 1.165) is 0 Å². The summed E-state index contributed by atoms with van der Waals surface area (Å²) in [5.41, 5.74) is 5.64. The number of nitrogens with one attached hydrogen (secondary N) is 2. The monoisotopic (exact) mass is 271 g/mol.